The number of hydrogen-bond acceptors (Lipinski definition) is 4. The number of rotatable bonds is 2. The maximum Gasteiger partial charge on any atom is 0.410 e. The molecule has 5 heteroatoms. The molecule has 1 saturated heterocycles. The van der Waals surface area contributed by atoms with Crippen LogP contribution in [0.25, 0.3) is 0 Å². The van der Waals surface area contributed by atoms with Gasteiger partial charge < -0.3 is 14.4 Å². The molecule has 22 heavy (non-hydrogen) atoms. The highest BCUT2D eigenvalue weighted by Crippen LogP contribution is 2.33. The Hall–Kier alpha value is -2.04. The van der Waals surface area contributed by atoms with Crippen LogP contribution in [0.5, 0.6) is 0 Å². The summed E-state index contributed by atoms with van der Waals surface area (Å²) in [6, 6.07) is 7.19. The molecule has 1 atom stereocenters. The molecule has 1 fully saturated rings. The molecule has 1 aromatic rings. The van der Waals surface area contributed by atoms with E-state index in [1.165, 1.54) is 7.11 Å². The van der Waals surface area contributed by atoms with Gasteiger partial charge in [0.1, 0.15) is 5.60 Å². The lowest BCUT2D eigenvalue weighted by Gasteiger charge is -2.29. The molecule has 0 N–H and O–H groups in total. The van der Waals surface area contributed by atoms with Gasteiger partial charge in [0.05, 0.1) is 18.7 Å². The molecule has 0 radical (unpaired) electrons. The predicted octanol–water partition coefficient (Wildman–Crippen LogP) is 3.55. The molecule has 0 spiro atoms. The zero-order valence-electron chi connectivity index (χ0n) is 13.6. The Bertz CT molecular complexity index is 562. The van der Waals surface area contributed by atoms with Crippen LogP contribution in [0.15, 0.2) is 24.3 Å². The Labute approximate surface area is 131 Å². The second kappa shape index (κ2) is 6.38. The number of amides is 1. The number of methoxy groups -OCH3 is 1. The van der Waals surface area contributed by atoms with Gasteiger partial charge >= 0.3 is 12.1 Å². The van der Waals surface area contributed by atoms with Gasteiger partial charge in [0, 0.05) is 6.54 Å². The molecule has 5 nitrogen and oxygen atoms in total. The highest BCUT2D eigenvalue weighted by molar-refractivity contribution is 5.89. The average Bonchev–Trinajstić information content (AvgIpc) is 2.94. The van der Waals surface area contributed by atoms with Crippen LogP contribution in [0.1, 0.15) is 55.6 Å². The fourth-order valence-electron chi connectivity index (χ4n) is 2.64. The summed E-state index contributed by atoms with van der Waals surface area (Å²) in [6.45, 7) is 6.23. The van der Waals surface area contributed by atoms with Crippen LogP contribution in [0, 0.1) is 0 Å². The average molecular weight is 305 g/mol. The second-order valence-corrected chi connectivity index (χ2v) is 6.45. The van der Waals surface area contributed by atoms with Gasteiger partial charge in [-0.2, -0.15) is 0 Å². The van der Waals surface area contributed by atoms with Gasteiger partial charge in [-0.1, -0.05) is 12.1 Å². The van der Waals surface area contributed by atoms with Crippen LogP contribution < -0.4 is 0 Å². The van der Waals surface area contributed by atoms with Crippen LogP contribution in [0.4, 0.5) is 4.79 Å². The van der Waals surface area contributed by atoms with Gasteiger partial charge in [0.15, 0.2) is 0 Å². The van der Waals surface area contributed by atoms with Crippen molar-refractivity contribution in [1.29, 1.82) is 0 Å². The van der Waals surface area contributed by atoms with Crippen molar-refractivity contribution in [3.05, 3.63) is 35.4 Å². The molecule has 0 unspecified atom stereocenters. The van der Waals surface area contributed by atoms with Crippen molar-refractivity contribution in [2.45, 2.75) is 45.3 Å². The summed E-state index contributed by atoms with van der Waals surface area (Å²) < 4.78 is 10.2. The third-order valence-corrected chi connectivity index (χ3v) is 3.57. The van der Waals surface area contributed by atoms with Crippen molar-refractivity contribution in [2.24, 2.45) is 0 Å². The highest BCUT2D eigenvalue weighted by atomic mass is 16.6. The topological polar surface area (TPSA) is 55.8 Å². The molecule has 0 bridgehead atoms. The summed E-state index contributed by atoms with van der Waals surface area (Å²) in [6.07, 6.45) is 1.48. The molecule has 1 aromatic carbocycles. The lowest BCUT2D eigenvalue weighted by molar-refractivity contribution is 0.0224. The first-order valence-electron chi connectivity index (χ1n) is 7.50. The predicted molar refractivity (Wildman–Crippen MR) is 82.7 cm³/mol. The first kappa shape index (κ1) is 16.3. The molecule has 0 aliphatic carbocycles. The van der Waals surface area contributed by atoms with E-state index in [2.05, 4.69) is 0 Å². The van der Waals surface area contributed by atoms with Crippen LogP contribution in [-0.4, -0.2) is 36.2 Å². The molecule has 1 amide bonds. The Morgan fingerprint density at radius 3 is 2.64 bits per heavy atom. The van der Waals surface area contributed by atoms with Crippen molar-refractivity contribution in [3.63, 3.8) is 0 Å². The molecule has 0 aromatic heterocycles. The molecular weight excluding hydrogens is 282 g/mol. The summed E-state index contributed by atoms with van der Waals surface area (Å²) in [7, 11) is 1.36. The minimum Gasteiger partial charge on any atom is -0.465 e. The van der Waals surface area contributed by atoms with E-state index in [0.29, 0.717) is 12.1 Å². The quantitative estimate of drug-likeness (QED) is 0.784. The van der Waals surface area contributed by atoms with Gasteiger partial charge in [-0.25, -0.2) is 9.59 Å². The normalized spacial score (nSPS) is 18.2. The van der Waals surface area contributed by atoms with Crippen LogP contribution in [0.2, 0.25) is 0 Å². The molecule has 1 heterocycles. The molecule has 120 valence electrons. The van der Waals surface area contributed by atoms with Crippen LogP contribution in [0.3, 0.4) is 0 Å². The lowest BCUT2D eigenvalue weighted by Crippen LogP contribution is -2.36. The summed E-state index contributed by atoms with van der Waals surface area (Å²) in [5, 5.41) is 0. The van der Waals surface area contributed by atoms with E-state index >= 15 is 0 Å². The smallest absolute Gasteiger partial charge is 0.410 e. The summed E-state index contributed by atoms with van der Waals surface area (Å²) in [5.74, 6) is -0.372. The van der Waals surface area contributed by atoms with E-state index in [0.717, 1.165) is 18.4 Å². The number of carbonyl (C=O) groups is 2. The van der Waals surface area contributed by atoms with E-state index in [1.807, 2.05) is 32.9 Å². The number of ether oxygens (including phenoxy) is 2. The first-order chi connectivity index (χ1) is 10.3. The summed E-state index contributed by atoms with van der Waals surface area (Å²) in [4.78, 5) is 25.7. The van der Waals surface area contributed by atoms with Crippen LogP contribution in [-0.2, 0) is 9.47 Å². The van der Waals surface area contributed by atoms with Crippen LogP contribution >= 0.6 is 0 Å². The number of benzene rings is 1. The fourth-order valence-corrected chi connectivity index (χ4v) is 2.64. The van der Waals surface area contributed by atoms with E-state index < -0.39 is 5.60 Å². The van der Waals surface area contributed by atoms with E-state index in [4.69, 9.17) is 9.47 Å². The molecule has 0 saturated carbocycles. The first-order valence-corrected chi connectivity index (χ1v) is 7.50. The lowest BCUT2D eigenvalue weighted by atomic mass is 10.0. The third-order valence-electron chi connectivity index (χ3n) is 3.57. The van der Waals surface area contributed by atoms with Gasteiger partial charge in [-0.05, 0) is 51.3 Å². The molecule has 2 rings (SSSR count). The largest absolute Gasteiger partial charge is 0.465 e. The number of nitrogens with zero attached hydrogens (tertiary/aromatic N) is 1. The summed E-state index contributed by atoms with van der Waals surface area (Å²) in [5.41, 5.74) is 0.917. The monoisotopic (exact) mass is 305 g/mol. The number of carbonyl (C=O) groups excluding carboxylic acids is 2. The van der Waals surface area contributed by atoms with Gasteiger partial charge in [-0.3, -0.25) is 0 Å². The number of esters is 1. The van der Waals surface area contributed by atoms with Gasteiger partial charge in [0.2, 0.25) is 0 Å². The van der Waals surface area contributed by atoms with Gasteiger partial charge in [0.25, 0.3) is 0 Å². The Morgan fingerprint density at radius 1 is 1.27 bits per heavy atom. The Morgan fingerprint density at radius 2 is 2.00 bits per heavy atom. The van der Waals surface area contributed by atoms with Crippen molar-refractivity contribution in [2.75, 3.05) is 13.7 Å². The van der Waals surface area contributed by atoms with Crippen molar-refractivity contribution < 1.29 is 19.1 Å². The second-order valence-electron chi connectivity index (χ2n) is 6.45. The van der Waals surface area contributed by atoms with Crippen molar-refractivity contribution in [3.8, 4) is 0 Å². The maximum atomic E-state index is 12.3. The zero-order valence-corrected chi connectivity index (χ0v) is 13.6. The zero-order chi connectivity index (χ0) is 16.3. The van der Waals surface area contributed by atoms with E-state index in [9.17, 15) is 9.59 Å². The molecule has 1 aliphatic rings. The maximum absolute atomic E-state index is 12.3. The Kier molecular flexibility index (Phi) is 4.74. The minimum atomic E-state index is -0.516. The van der Waals surface area contributed by atoms with E-state index in [-0.39, 0.29) is 18.1 Å². The molecular formula is C17H23NO4. The SMILES string of the molecule is COC(=O)c1cccc([C@H]2CCCN2C(=O)OC(C)(C)C)c1. The van der Waals surface area contributed by atoms with E-state index in [1.54, 1.807) is 17.0 Å². The number of likely N-dealkylation sites (tertiary alicyclic amines) is 1. The van der Waals surface area contributed by atoms with Crippen molar-refractivity contribution >= 4 is 12.1 Å². The number of hydrogen-bond donors (Lipinski definition) is 0. The molecule has 1 aliphatic heterocycles. The standard InChI is InChI=1S/C17H23NO4/c1-17(2,3)22-16(20)18-10-6-9-14(18)12-7-5-8-13(11-12)15(19)21-4/h5,7-8,11,14H,6,9-10H2,1-4H3/t14-/m1/s1. The Balaban J connectivity index is 2.20. The summed E-state index contributed by atoms with van der Waals surface area (Å²) >= 11 is 0. The third kappa shape index (κ3) is 3.78. The van der Waals surface area contributed by atoms with Gasteiger partial charge in [-0.15, -0.1) is 0 Å². The fraction of sp³-hybridized carbons (Fsp3) is 0.529. The van der Waals surface area contributed by atoms with Crippen molar-refractivity contribution in [1.82, 2.24) is 4.90 Å². The highest BCUT2D eigenvalue weighted by Gasteiger charge is 2.33. The minimum absolute atomic E-state index is 0.0561.